The van der Waals surface area contributed by atoms with Crippen molar-refractivity contribution in [2.75, 3.05) is 0 Å². The molecule has 0 atom stereocenters. The fourth-order valence-electron chi connectivity index (χ4n) is 2.59. The summed E-state index contributed by atoms with van der Waals surface area (Å²) in [6.45, 7) is 2.15. The van der Waals surface area contributed by atoms with Crippen LogP contribution in [0.15, 0.2) is 60.7 Å². The number of halogens is 2. The fraction of sp³-hybridized carbons (Fsp3) is 0.143. The van der Waals surface area contributed by atoms with E-state index in [1.807, 2.05) is 12.1 Å². The molecule has 0 saturated carbocycles. The SMILES string of the molecule is CCCc1ccc(-c2ccc(C(=O)Oc3ccc(Cl)nc3F)cc2)cc1. The number of aromatic nitrogens is 1. The third kappa shape index (κ3) is 4.27. The summed E-state index contributed by atoms with van der Waals surface area (Å²) in [5.41, 5.74) is 3.68. The Morgan fingerprint density at radius 1 is 1.00 bits per heavy atom. The first-order valence-corrected chi connectivity index (χ1v) is 8.68. The molecule has 26 heavy (non-hydrogen) atoms. The Kier molecular flexibility index (Phi) is 5.64. The first-order chi connectivity index (χ1) is 12.6. The molecule has 3 nitrogen and oxygen atoms in total. The summed E-state index contributed by atoms with van der Waals surface area (Å²) in [4.78, 5) is 15.6. The van der Waals surface area contributed by atoms with Crippen molar-refractivity contribution in [3.8, 4) is 16.9 Å². The number of carbonyl (C=O) groups excluding carboxylic acids is 1. The van der Waals surface area contributed by atoms with Gasteiger partial charge >= 0.3 is 5.97 Å². The number of hydrogen-bond donors (Lipinski definition) is 0. The molecule has 0 aliphatic rings. The molecule has 0 fully saturated rings. The monoisotopic (exact) mass is 369 g/mol. The molecule has 1 aromatic heterocycles. The minimum atomic E-state index is -0.922. The number of ether oxygens (including phenoxy) is 1. The molecule has 1 heterocycles. The molecule has 2 aromatic carbocycles. The largest absolute Gasteiger partial charge is 0.418 e. The van der Waals surface area contributed by atoms with Gasteiger partial charge in [0.2, 0.25) is 0 Å². The Morgan fingerprint density at radius 2 is 1.62 bits per heavy atom. The number of esters is 1. The molecule has 0 spiro atoms. The number of hydrogen-bond acceptors (Lipinski definition) is 3. The number of aryl methyl sites for hydroxylation is 1. The third-order valence-electron chi connectivity index (χ3n) is 3.93. The van der Waals surface area contributed by atoms with Crippen LogP contribution in [0.5, 0.6) is 5.75 Å². The van der Waals surface area contributed by atoms with Crippen molar-refractivity contribution in [2.45, 2.75) is 19.8 Å². The zero-order valence-electron chi connectivity index (χ0n) is 14.2. The summed E-state index contributed by atoms with van der Waals surface area (Å²) < 4.78 is 18.7. The van der Waals surface area contributed by atoms with E-state index in [4.69, 9.17) is 16.3 Å². The highest BCUT2D eigenvalue weighted by Crippen LogP contribution is 2.22. The molecule has 3 aromatic rings. The van der Waals surface area contributed by atoms with E-state index < -0.39 is 11.9 Å². The van der Waals surface area contributed by atoms with Crippen molar-refractivity contribution in [1.82, 2.24) is 4.98 Å². The van der Waals surface area contributed by atoms with Crippen molar-refractivity contribution in [3.63, 3.8) is 0 Å². The van der Waals surface area contributed by atoms with Gasteiger partial charge in [-0.05, 0) is 47.4 Å². The normalized spacial score (nSPS) is 10.6. The van der Waals surface area contributed by atoms with E-state index in [1.165, 1.54) is 17.7 Å². The lowest BCUT2D eigenvalue weighted by molar-refractivity contribution is 0.0726. The molecule has 0 bridgehead atoms. The molecule has 3 rings (SSSR count). The van der Waals surface area contributed by atoms with Crippen molar-refractivity contribution in [3.05, 3.63) is 82.9 Å². The van der Waals surface area contributed by atoms with Gasteiger partial charge in [0.15, 0.2) is 5.75 Å². The lowest BCUT2D eigenvalue weighted by atomic mass is 10.0. The first-order valence-electron chi connectivity index (χ1n) is 8.30. The predicted octanol–water partition coefficient (Wildman–Crippen LogP) is 5.71. The zero-order valence-corrected chi connectivity index (χ0v) is 15.0. The smallest absolute Gasteiger partial charge is 0.343 e. The summed E-state index contributed by atoms with van der Waals surface area (Å²) in [6, 6.07) is 17.9. The number of pyridine rings is 1. The first kappa shape index (κ1) is 18.1. The molecule has 0 N–H and O–H groups in total. The van der Waals surface area contributed by atoms with Crippen LogP contribution in [0.1, 0.15) is 29.3 Å². The van der Waals surface area contributed by atoms with Gasteiger partial charge in [-0.2, -0.15) is 4.39 Å². The second kappa shape index (κ2) is 8.11. The average Bonchev–Trinajstić information content (AvgIpc) is 2.65. The second-order valence-electron chi connectivity index (χ2n) is 5.84. The molecular formula is C21H17ClFNO2. The molecule has 5 heteroatoms. The van der Waals surface area contributed by atoms with E-state index in [9.17, 15) is 9.18 Å². The summed E-state index contributed by atoms with van der Waals surface area (Å²) in [5.74, 6) is -1.83. The highest BCUT2D eigenvalue weighted by atomic mass is 35.5. The van der Waals surface area contributed by atoms with Crippen LogP contribution in [-0.4, -0.2) is 11.0 Å². The minimum Gasteiger partial charge on any atom is -0.418 e. The Labute approximate surface area is 156 Å². The number of rotatable bonds is 5. The lowest BCUT2D eigenvalue weighted by Crippen LogP contribution is -2.10. The molecule has 0 radical (unpaired) electrons. The van der Waals surface area contributed by atoms with Gasteiger partial charge in [0.1, 0.15) is 5.15 Å². The van der Waals surface area contributed by atoms with Crippen molar-refractivity contribution >= 4 is 17.6 Å². The van der Waals surface area contributed by atoms with Gasteiger partial charge in [0, 0.05) is 0 Å². The Hall–Kier alpha value is -2.72. The number of nitrogens with zero attached hydrogens (tertiary/aromatic N) is 1. The van der Waals surface area contributed by atoms with Gasteiger partial charge < -0.3 is 4.74 Å². The minimum absolute atomic E-state index is 0.00314. The van der Waals surface area contributed by atoms with Gasteiger partial charge in [-0.3, -0.25) is 0 Å². The van der Waals surface area contributed by atoms with Crippen LogP contribution in [0.4, 0.5) is 4.39 Å². The van der Waals surface area contributed by atoms with E-state index in [1.54, 1.807) is 12.1 Å². The summed E-state index contributed by atoms with van der Waals surface area (Å²) >= 11 is 5.58. The Balaban J connectivity index is 1.73. The molecule has 0 aliphatic carbocycles. The molecule has 0 aliphatic heterocycles. The van der Waals surface area contributed by atoms with Gasteiger partial charge in [-0.1, -0.05) is 61.3 Å². The summed E-state index contributed by atoms with van der Waals surface area (Å²) in [6.07, 6.45) is 2.17. The highest BCUT2D eigenvalue weighted by molar-refractivity contribution is 6.29. The maximum Gasteiger partial charge on any atom is 0.343 e. The predicted molar refractivity (Wildman–Crippen MR) is 100 cm³/mol. The van der Waals surface area contributed by atoms with Crippen molar-refractivity contribution in [2.24, 2.45) is 0 Å². The van der Waals surface area contributed by atoms with E-state index in [0.29, 0.717) is 5.56 Å². The average molecular weight is 370 g/mol. The van der Waals surface area contributed by atoms with Gasteiger partial charge in [-0.25, -0.2) is 9.78 Å². The maximum absolute atomic E-state index is 13.6. The van der Waals surface area contributed by atoms with Crippen LogP contribution in [0.3, 0.4) is 0 Å². The van der Waals surface area contributed by atoms with Crippen LogP contribution in [-0.2, 0) is 6.42 Å². The van der Waals surface area contributed by atoms with Gasteiger partial charge in [-0.15, -0.1) is 0 Å². The Morgan fingerprint density at radius 3 is 2.19 bits per heavy atom. The van der Waals surface area contributed by atoms with E-state index in [-0.39, 0.29) is 10.9 Å². The summed E-state index contributed by atoms with van der Waals surface area (Å²) in [5, 5.41) is -0.00314. The zero-order chi connectivity index (χ0) is 18.5. The fourth-order valence-corrected chi connectivity index (χ4v) is 2.72. The van der Waals surface area contributed by atoms with E-state index in [0.717, 1.165) is 24.0 Å². The van der Waals surface area contributed by atoms with Crippen molar-refractivity contribution < 1.29 is 13.9 Å². The van der Waals surface area contributed by atoms with Crippen LogP contribution < -0.4 is 4.74 Å². The molecule has 132 valence electrons. The number of carbonyl (C=O) groups is 1. The van der Waals surface area contributed by atoms with Gasteiger partial charge in [0.05, 0.1) is 5.56 Å². The quantitative estimate of drug-likeness (QED) is 0.427. The molecule has 0 saturated heterocycles. The van der Waals surface area contributed by atoms with Gasteiger partial charge in [0.25, 0.3) is 5.95 Å². The standard InChI is InChI=1S/C21H17ClFNO2/c1-2-3-14-4-6-15(7-5-14)16-8-10-17(11-9-16)21(25)26-18-12-13-19(22)24-20(18)23/h4-13H,2-3H2,1H3. The second-order valence-corrected chi connectivity index (χ2v) is 6.22. The lowest BCUT2D eigenvalue weighted by Gasteiger charge is -2.07. The van der Waals surface area contributed by atoms with Crippen LogP contribution in [0.25, 0.3) is 11.1 Å². The van der Waals surface area contributed by atoms with E-state index in [2.05, 4.69) is 36.2 Å². The third-order valence-corrected chi connectivity index (χ3v) is 4.14. The van der Waals surface area contributed by atoms with Crippen LogP contribution in [0.2, 0.25) is 5.15 Å². The molecule has 0 unspecified atom stereocenters. The van der Waals surface area contributed by atoms with E-state index >= 15 is 0 Å². The van der Waals surface area contributed by atoms with Crippen LogP contribution >= 0.6 is 11.6 Å². The van der Waals surface area contributed by atoms with Crippen LogP contribution in [0, 0.1) is 5.95 Å². The van der Waals surface area contributed by atoms with Crippen molar-refractivity contribution in [1.29, 1.82) is 0 Å². The number of benzene rings is 2. The Bertz CT molecular complexity index is 908. The topological polar surface area (TPSA) is 39.2 Å². The maximum atomic E-state index is 13.6. The molecular weight excluding hydrogens is 353 g/mol. The summed E-state index contributed by atoms with van der Waals surface area (Å²) in [7, 11) is 0. The molecule has 0 amide bonds. The highest BCUT2D eigenvalue weighted by Gasteiger charge is 2.13.